The number of amides is 1. The largest absolute Gasteiger partial charge is 0.477 e. The molecular weight excluding hydrogens is 476 g/mol. The maximum atomic E-state index is 12.8. The molecule has 2 aliphatic rings. The standard InChI is InChI=1S/C20H17ClN4O3S3/c21-9-4-7-14(29)23-16-18(26)24-17(20(27)28)13(11-30-19(16)24)31-15-8-10-22-25(15)12-5-2-1-3-6-12/h1-6,8-10,16,19H,7,11H2,(H,23,29)(H,27,28)/t16-,19+/m1/s1. The Morgan fingerprint density at radius 3 is 2.87 bits per heavy atom. The first-order valence-electron chi connectivity index (χ1n) is 9.24. The highest BCUT2D eigenvalue weighted by molar-refractivity contribution is 8.06. The van der Waals surface area contributed by atoms with Crippen molar-refractivity contribution in [2.45, 2.75) is 22.9 Å². The van der Waals surface area contributed by atoms with Crippen molar-refractivity contribution < 1.29 is 14.7 Å². The molecule has 11 heteroatoms. The number of hydrogen-bond acceptors (Lipinski definition) is 6. The number of thioether (sulfide) groups is 2. The molecule has 0 unspecified atom stereocenters. The highest BCUT2D eigenvalue weighted by atomic mass is 35.5. The van der Waals surface area contributed by atoms with Gasteiger partial charge in [-0.1, -0.05) is 59.9 Å². The number of halogens is 1. The number of nitrogens with zero attached hydrogens (tertiary/aromatic N) is 3. The number of aliphatic carboxylic acids is 1. The summed E-state index contributed by atoms with van der Waals surface area (Å²) in [6.45, 7) is 0. The van der Waals surface area contributed by atoms with E-state index in [1.165, 1.54) is 34.0 Å². The van der Waals surface area contributed by atoms with Crippen LogP contribution in [0.4, 0.5) is 0 Å². The van der Waals surface area contributed by atoms with E-state index in [0.29, 0.717) is 22.1 Å². The first-order chi connectivity index (χ1) is 15.0. The number of benzene rings is 1. The lowest BCUT2D eigenvalue weighted by atomic mass is 10.0. The molecule has 2 aromatic rings. The number of rotatable bonds is 7. The number of aromatic nitrogens is 2. The van der Waals surface area contributed by atoms with Gasteiger partial charge in [-0.25, -0.2) is 9.48 Å². The summed E-state index contributed by atoms with van der Waals surface area (Å²) in [4.78, 5) is 27.3. The van der Waals surface area contributed by atoms with E-state index in [1.807, 2.05) is 36.4 Å². The maximum Gasteiger partial charge on any atom is 0.353 e. The van der Waals surface area contributed by atoms with Crippen molar-refractivity contribution in [1.29, 1.82) is 0 Å². The molecule has 0 saturated carbocycles. The Balaban J connectivity index is 1.57. The molecule has 2 aliphatic heterocycles. The van der Waals surface area contributed by atoms with E-state index < -0.39 is 12.0 Å². The fourth-order valence-electron chi connectivity index (χ4n) is 3.31. The van der Waals surface area contributed by atoms with Crippen molar-refractivity contribution in [2.24, 2.45) is 0 Å². The predicted molar refractivity (Wildman–Crippen MR) is 126 cm³/mol. The smallest absolute Gasteiger partial charge is 0.353 e. The van der Waals surface area contributed by atoms with Crippen LogP contribution in [-0.2, 0) is 9.59 Å². The van der Waals surface area contributed by atoms with Crippen LogP contribution in [0, 0.1) is 0 Å². The van der Waals surface area contributed by atoms with Gasteiger partial charge in [0.25, 0.3) is 5.91 Å². The molecule has 0 bridgehead atoms. The molecule has 2 atom stereocenters. The number of carboxylic acid groups (broad SMARTS) is 1. The molecule has 1 saturated heterocycles. The van der Waals surface area contributed by atoms with Crippen molar-refractivity contribution in [2.75, 3.05) is 5.75 Å². The molecule has 0 aliphatic carbocycles. The summed E-state index contributed by atoms with van der Waals surface area (Å²) in [6.07, 6.45) is 3.77. The summed E-state index contributed by atoms with van der Waals surface area (Å²) < 4.78 is 1.75. The van der Waals surface area contributed by atoms with E-state index in [1.54, 1.807) is 17.0 Å². The van der Waals surface area contributed by atoms with Crippen LogP contribution in [0.25, 0.3) is 5.69 Å². The average Bonchev–Trinajstić information content (AvgIpc) is 3.24. The van der Waals surface area contributed by atoms with Crippen molar-refractivity contribution in [3.05, 3.63) is 64.8 Å². The highest BCUT2D eigenvalue weighted by Gasteiger charge is 2.54. The predicted octanol–water partition coefficient (Wildman–Crippen LogP) is 3.60. The second kappa shape index (κ2) is 9.47. The number of carbonyl (C=O) groups excluding carboxylic acids is 1. The summed E-state index contributed by atoms with van der Waals surface area (Å²) in [5.41, 5.74) is 2.26. The monoisotopic (exact) mass is 492 g/mol. The van der Waals surface area contributed by atoms with Gasteiger partial charge in [-0.15, -0.1) is 11.8 Å². The van der Waals surface area contributed by atoms with Gasteiger partial charge in [-0.05, 0) is 18.2 Å². The minimum atomic E-state index is -1.13. The van der Waals surface area contributed by atoms with E-state index in [2.05, 4.69) is 10.4 Å². The number of para-hydroxylation sites is 1. The minimum Gasteiger partial charge on any atom is -0.477 e. The lowest BCUT2D eigenvalue weighted by molar-refractivity contribution is -0.148. The Labute approximate surface area is 197 Å². The zero-order valence-corrected chi connectivity index (χ0v) is 19.2. The van der Waals surface area contributed by atoms with E-state index in [9.17, 15) is 14.7 Å². The molecule has 1 amide bonds. The van der Waals surface area contributed by atoms with Gasteiger partial charge in [0.15, 0.2) is 0 Å². The van der Waals surface area contributed by atoms with Crippen LogP contribution in [-0.4, -0.2) is 53.8 Å². The second-order valence-electron chi connectivity index (χ2n) is 6.62. The van der Waals surface area contributed by atoms with Crippen LogP contribution in [0.2, 0.25) is 0 Å². The Morgan fingerprint density at radius 2 is 2.16 bits per heavy atom. The number of carboxylic acids is 1. The highest BCUT2D eigenvalue weighted by Crippen LogP contribution is 2.45. The molecule has 31 heavy (non-hydrogen) atoms. The number of carbonyl (C=O) groups is 2. The van der Waals surface area contributed by atoms with Crippen LogP contribution >= 0.6 is 47.3 Å². The second-order valence-corrected chi connectivity index (χ2v) is 9.58. The van der Waals surface area contributed by atoms with E-state index >= 15 is 0 Å². The summed E-state index contributed by atoms with van der Waals surface area (Å²) in [5.74, 6) is -0.966. The first-order valence-corrected chi connectivity index (χ1v) is 11.9. The van der Waals surface area contributed by atoms with Crippen LogP contribution in [0.3, 0.4) is 0 Å². The Hall–Kier alpha value is -2.27. The average molecular weight is 493 g/mol. The van der Waals surface area contributed by atoms with E-state index in [0.717, 1.165) is 10.7 Å². The molecule has 0 radical (unpaired) electrons. The lowest BCUT2D eigenvalue weighted by Gasteiger charge is -2.49. The molecule has 3 heterocycles. The Kier molecular flexibility index (Phi) is 6.71. The molecule has 0 spiro atoms. The molecule has 2 N–H and O–H groups in total. The third kappa shape index (κ3) is 4.38. The van der Waals surface area contributed by atoms with Crippen molar-refractivity contribution in [3.63, 3.8) is 0 Å². The van der Waals surface area contributed by atoms with Crippen LogP contribution in [0.15, 0.2) is 69.8 Å². The summed E-state index contributed by atoms with van der Waals surface area (Å²) in [7, 11) is 0. The topological polar surface area (TPSA) is 87.5 Å². The molecule has 1 fully saturated rings. The van der Waals surface area contributed by atoms with Gasteiger partial charge < -0.3 is 10.4 Å². The number of fused-ring (bicyclic) bond motifs is 1. The number of β-lactam (4-membered cyclic amide) rings is 1. The molecule has 160 valence electrons. The Bertz CT molecular complexity index is 1090. The van der Waals surface area contributed by atoms with Gasteiger partial charge in [-0.2, -0.15) is 5.10 Å². The third-order valence-electron chi connectivity index (χ3n) is 4.68. The first kappa shape index (κ1) is 21.9. The van der Waals surface area contributed by atoms with Crippen molar-refractivity contribution >= 4 is 64.2 Å². The number of nitrogens with one attached hydrogen (secondary N) is 1. The van der Waals surface area contributed by atoms with Crippen molar-refractivity contribution in [3.8, 4) is 5.69 Å². The zero-order valence-electron chi connectivity index (χ0n) is 16.0. The number of hydrogen-bond donors (Lipinski definition) is 2. The van der Waals surface area contributed by atoms with Crippen LogP contribution < -0.4 is 5.32 Å². The minimum absolute atomic E-state index is 0.0178. The van der Waals surface area contributed by atoms with E-state index in [-0.39, 0.29) is 17.0 Å². The molecule has 1 aromatic heterocycles. The molecule has 7 nitrogen and oxygen atoms in total. The summed E-state index contributed by atoms with van der Waals surface area (Å²) in [6, 6.07) is 10.9. The van der Waals surface area contributed by atoms with Crippen LogP contribution in [0.1, 0.15) is 6.42 Å². The fourth-order valence-corrected chi connectivity index (χ4v) is 6.16. The van der Waals surface area contributed by atoms with E-state index in [4.69, 9.17) is 23.8 Å². The third-order valence-corrected chi connectivity index (χ3v) is 7.71. The van der Waals surface area contributed by atoms with Gasteiger partial charge in [-0.3, -0.25) is 9.69 Å². The SMILES string of the molecule is O=C(O)C1=C(Sc2ccnn2-c2ccccc2)CS[C@H]2[C@H](NC(=S)CC=CCl)C(=O)N12. The van der Waals surface area contributed by atoms with Gasteiger partial charge in [0.1, 0.15) is 22.1 Å². The fraction of sp³-hybridized carbons (Fsp3) is 0.200. The molecule has 4 rings (SSSR count). The van der Waals surface area contributed by atoms with Crippen LogP contribution in [0.5, 0.6) is 0 Å². The quantitative estimate of drug-likeness (QED) is 0.448. The van der Waals surface area contributed by atoms with Crippen molar-refractivity contribution in [1.82, 2.24) is 20.0 Å². The van der Waals surface area contributed by atoms with Gasteiger partial charge in [0.2, 0.25) is 0 Å². The summed E-state index contributed by atoms with van der Waals surface area (Å²) >= 11 is 13.6. The Morgan fingerprint density at radius 1 is 1.39 bits per heavy atom. The molecular formula is C20H17ClN4O3S3. The van der Waals surface area contributed by atoms with Gasteiger partial charge >= 0.3 is 5.97 Å². The maximum absolute atomic E-state index is 12.8. The summed E-state index contributed by atoms with van der Waals surface area (Å²) in [5, 5.41) is 17.7. The molecule has 1 aromatic carbocycles. The zero-order chi connectivity index (χ0) is 22.0. The lowest BCUT2D eigenvalue weighted by Crippen LogP contribution is -2.70. The number of thiocarbonyl (C=S) groups is 1. The van der Waals surface area contributed by atoms with Gasteiger partial charge in [0.05, 0.1) is 16.9 Å². The normalized spacial score (nSPS) is 20.5. The van der Waals surface area contributed by atoms with Gasteiger partial charge in [0, 0.05) is 22.6 Å².